The SMILES string of the molecule is CCN(C(=O)[O-])[C@@H]1C[C@H](C)[N+](C)(C(C)=O)c2ccc(-c3ccc(CCO)cc3)cc21. The molecule has 2 aromatic rings. The molecular formula is C24H30N2O4. The van der Waals surface area contributed by atoms with Gasteiger partial charge < -0.3 is 19.9 Å². The maximum absolute atomic E-state index is 12.6. The van der Waals surface area contributed by atoms with E-state index in [1.165, 1.54) is 4.90 Å². The minimum absolute atomic E-state index is 0.0276. The summed E-state index contributed by atoms with van der Waals surface area (Å²) in [6, 6.07) is 13.5. The number of carbonyl (C=O) groups excluding carboxylic acids is 2. The number of aliphatic hydroxyl groups excluding tert-OH is 1. The highest BCUT2D eigenvalue weighted by atomic mass is 16.4. The third kappa shape index (κ3) is 3.73. The standard InChI is InChI=1S/C24H30N2O4/c1-5-25(24(29)30)22-14-16(2)26(4,17(3)28)23-11-10-20(15-21(22)23)19-8-6-18(7-9-19)12-13-27/h6-11,15-16,22,27H,5,12-14H2,1-4H3/t16-,22+,26?/m0/s1. The monoisotopic (exact) mass is 410 g/mol. The summed E-state index contributed by atoms with van der Waals surface area (Å²) >= 11 is 0. The molecule has 0 saturated carbocycles. The number of nitrogens with zero attached hydrogens (tertiary/aromatic N) is 2. The third-order valence-corrected chi connectivity index (χ3v) is 6.63. The first-order valence-corrected chi connectivity index (χ1v) is 10.4. The molecule has 0 aliphatic carbocycles. The van der Waals surface area contributed by atoms with Gasteiger partial charge in [0, 0.05) is 31.2 Å². The smallest absolute Gasteiger partial charge is 0.315 e. The van der Waals surface area contributed by atoms with E-state index in [9.17, 15) is 14.7 Å². The summed E-state index contributed by atoms with van der Waals surface area (Å²) in [5.74, 6) is 0.0276. The van der Waals surface area contributed by atoms with E-state index in [4.69, 9.17) is 5.11 Å². The maximum Gasteiger partial charge on any atom is 0.315 e. The Hall–Kier alpha value is -2.70. The lowest BCUT2D eigenvalue weighted by atomic mass is 9.86. The molecule has 1 N–H and O–H groups in total. The fraction of sp³-hybridized carbons (Fsp3) is 0.417. The van der Waals surface area contributed by atoms with Crippen molar-refractivity contribution in [2.75, 3.05) is 20.2 Å². The van der Waals surface area contributed by atoms with Crippen LogP contribution in [0.25, 0.3) is 11.1 Å². The Labute approximate surface area is 178 Å². The van der Waals surface area contributed by atoms with E-state index in [-0.39, 0.29) is 29.1 Å². The summed E-state index contributed by atoms with van der Waals surface area (Å²) in [6.45, 7) is 5.81. The van der Waals surface area contributed by atoms with Crippen LogP contribution in [0.4, 0.5) is 10.5 Å². The molecule has 0 aromatic heterocycles. The van der Waals surface area contributed by atoms with E-state index in [1.807, 2.05) is 56.4 Å². The first-order valence-electron chi connectivity index (χ1n) is 10.4. The summed E-state index contributed by atoms with van der Waals surface area (Å²) in [7, 11) is 1.90. The highest BCUT2D eigenvalue weighted by Crippen LogP contribution is 2.45. The molecule has 1 aliphatic rings. The molecule has 30 heavy (non-hydrogen) atoms. The van der Waals surface area contributed by atoms with Crippen molar-refractivity contribution in [1.29, 1.82) is 0 Å². The molecule has 1 heterocycles. The Morgan fingerprint density at radius 2 is 1.80 bits per heavy atom. The quantitative estimate of drug-likeness (QED) is 0.769. The molecular weight excluding hydrogens is 380 g/mol. The van der Waals surface area contributed by atoms with E-state index in [1.54, 1.807) is 13.8 Å². The van der Waals surface area contributed by atoms with Crippen LogP contribution in [-0.4, -0.2) is 48.2 Å². The van der Waals surface area contributed by atoms with Gasteiger partial charge in [-0.15, -0.1) is 0 Å². The van der Waals surface area contributed by atoms with Crippen molar-refractivity contribution in [2.45, 2.75) is 45.7 Å². The van der Waals surface area contributed by atoms with Crippen LogP contribution in [0.5, 0.6) is 0 Å². The van der Waals surface area contributed by atoms with Gasteiger partial charge in [0.05, 0.1) is 26.1 Å². The topological polar surface area (TPSA) is 80.7 Å². The maximum atomic E-state index is 12.6. The number of quaternary nitrogens is 1. The first-order chi connectivity index (χ1) is 14.2. The number of fused-ring (bicyclic) bond motifs is 1. The van der Waals surface area contributed by atoms with Gasteiger partial charge in [-0.3, -0.25) is 0 Å². The molecule has 2 aromatic carbocycles. The number of hydrogen-bond donors (Lipinski definition) is 1. The number of rotatable bonds is 5. The van der Waals surface area contributed by atoms with Crippen LogP contribution in [0.15, 0.2) is 42.5 Å². The minimum atomic E-state index is -1.20. The fourth-order valence-corrected chi connectivity index (χ4v) is 4.57. The van der Waals surface area contributed by atoms with Crippen LogP contribution in [0.1, 0.15) is 44.4 Å². The lowest BCUT2D eigenvalue weighted by molar-refractivity contribution is -0.268. The molecule has 0 radical (unpaired) electrons. The fourth-order valence-electron chi connectivity index (χ4n) is 4.57. The lowest BCUT2D eigenvalue weighted by Gasteiger charge is -2.47. The summed E-state index contributed by atoms with van der Waals surface area (Å²) in [4.78, 5) is 25.8. The summed E-state index contributed by atoms with van der Waals surface area (Å²) in [6.07, 6.45) is -0.0435. The predicted molar refractivity (Wildman–Crippen MR) is 116 cm³/mol. The van der Waals surface area contributed by atoms with Gasteiger partial charge in [0.1, 0.15) is 11.8 Å². The van der Waals surface area contributed by atoms with Crippen LogP contribution >= 0.6 is 0 Å². The zero-order chi connectivity index (χ0) is 22.1. The van der Waals surface area contributed by atoms with Crippen molar-refractivity contribution in [3.63, 3.8) is 0 Å². The van der Waals surface area contributed by atoms with Crippen LogP contribution in [-0.2, 0) is 11.2 Å². The normalized spacial score (nSPS) is 23.0. The van der Waals surface area contributed by atoms with Crippen molar-refractivity contribution in [3.8, 4) is 11.1 Å². The Kier molecular flexibility index (Phi) is 6.29. The van der Waals surface area contributed by atoms with Crippen molar-refractivity contribution in [2.24, 2.45) is 0 Å². The zero-order valence-corrected chi connectivity index (χ0v) is 18.1. The van der Waals surface area contributed by atoms with Gasteiger partial charge in [-0.2, -0.15) is 0 Å². The van der Waals surface area contributed by atoms with E-state index in [0.717, 1.165) is 27.9 Å². The van der Waals surface area contributed by atoms with Crippen LogP contribution in [0, 0.1) is 0 Å². The number of hydrogen-bond acceptors (Lipinski definition) is 4. The molecule has 0 fully saturated rings. The number of carboxylic acid groups (broad SMARTS) is 1. The van der Waals surface area contributed by atoms with Gasteiger partial charge in [0.2, 0.25) is 0 Å². The van der Waals surface area contributed by atoms with Gasteiger partial charge in [-0.25, -0.2) is 9.28 Å². The Morgan fingerprint density at radius 1 is 1.17 bits per heavy atom. The second-order valence-electron chi connectivity index (χ2n) is 8.19. The largest absolute Gasteiger partial charge is 0.530 e. The third-order valence-electron chi connectivity index (χ3n) is 6.63. The first kappa shape index (κ1) is 22.0. The van der Waals surface area contributed by atoms with Crippen molar-refractivity contribution in [3.05, 3.63) is 53.6 Å². The Morgan fingerprint density at radius 3 is 2.33 bits per heavy atom. The van der Waals surface area contributed by atoms with Gasteiger partial charge in [0.15, 0.2) is 0 Å². The molecule has 6 nitrogen and oxygen atoms in total. The van der Waals surface area contributed by atoms with Gasteiger partial charge in [-0.1, -0.05) is 24.3 Å². The van der Waals surface area contributed by atoms with Crippen molar-refractivity contribution >= 4 is 17.7 Å². The van der Waals surface area contributed by atoms with Crippen molar-refractivity contribution < 1.29 is 19.8 Å². The Balaban J connectivity index is 2.14. The molecule has 0 saturated heterocycles. The van der Waals surface area contributed by atoms with Crippen LogP contribution in [0.3, 0.4) is 0 Å². The van der Waals surface area contributed by atoms with Gasteiger partial charge >= 0.3 is 5.91 Å². The van der Waals surface area contributed by atoms with Crippen LogP contribution in [0.2, 0.25) is 0 Å². The highest BCUT2D eigenvalue weighted by molar-refractivity contribution is 5.89. The second kappa shape index (κ2) is 8.58. The zero-order valence-electron chi connectivity index (χ0n) is 18.1. The predicted octanol–water partition coefficient (Wildman–Crippen LogP) is 2.87. The number of amides is 2. The summed E-state index contributed by atoms with van der Waals surface area (Å²) in [5, 5.41) is 20.9. The molecule has 3 rings (SSSR count). The number of aliphatic hydroxyl groups is 1. The molecule has 1 unspecified atom stereocenters. The minimum Gasteiger partial charge on any atom is -0.530 e. The second-order valence-corrected chi connectivity index (χ2v) is 8.19. The number of benzene rings is 2. The molecule has 3 atom stereocenters. The molecule has 1 aliphatic heterocycles. The summed E-state index contributed by atoms with van der Waals surface area (Å²) < 4.78 is 0.145. The molecule has 2 amide bonds. The van der Waals surface area contributed by atoms with Crippen LogP contribution < -0.4 is 9.59 Å². The highest BCUT2D eigenvalue weighted by Gasteiger charge is 2.47. The number of carbonyl (C=O) groups is 2. The molecule has 0 spiro atoms. The van der Waals surface area contributed by atoms with E-state index in [2.05, 4.69) is 0 Å². The Bertz CT molecular complexity index is 941. The lowest BCUT2D eigenvalue weighted by Crippen LogP contribution is -2.60. The van der Waals surface area contributed by atoms with E-state index >= 15 is 0 Å². The van der Waals surface area contributed by atoms with E-state index < -0.39 is 6.09 Å². The molecule has 160 valence electrons. The van der Waals surface area contributed by atoms with Gasteiger partial charge in [0.25, 0.3) is 0 Å². The van der Waals surface area contributed by atoms with Gasteiger partial charge in [-0.05, 0) is 49.1 Å². The summed E-state index contributed by atoms with van der Waals surface area (Å²) in [5.41, 5.74) is 4.72. The van der Waals surface area contributed by atoms with E-state index in [0.29, 0.717) is 19.4 Å². The average molecular weight is 411 g/mol. The molecule has 6 heteroatoms. The average Bonchev–Trinajstić information content (AvgIpc) is 2.72. The molecule has 0 bridgehead atoms. The van der Waals surface area contributed by atoms with Crippen molar-refractivity contribution in [1.82, 2.24) is 9.38 Å².